The molecule has 0 aliphatic carbocycles. The molecule has 0 aliphatic rings. The number of halogens is 3. The van der Waals surface area contributed by atoms with Gasteiger partial charge >= 0.3 is 5.97 Å². The molecule has 0 atom stereocenters. The summed E-state index contributed by atoms with van der Waals surface area (Å²) in [6.07, 6.45) is 3.26. The number of aromatic nitrogens is 2. The number of rotatable bonds is 11. The van der Waals surface area contributed by atoms with Crippen molar-refractivity contribution in [1.82, 2.24) is 9.97 Å². The van der Waals surface area contributed by atoms with Crippen LogP contribution in [0.4, 0.5) is 4.39 Å². The molecular weight excluding hydrogens is 595 g/mol. The van der Waals surface area contributed by atoms with Crippen LogP contribution in [0.15, 0.2) is 82.3 Å². The molecule has 0 saturated heterocycles. The smallest absolute Gasteiger partial charge is 0.306 e. The summed E-state index contributed by atoms with van der Waals surface area (Å²) in [6, 6.07) is 18.8. The first-order valence-electron chi connectivity index (χ1n) is 12.0. The van der Waals surface area contributed by atoms with Crippen molar-refractivity contribution in [1.29, 1.82) is 0 Å². The SMILES string of the molecule is O=C(CCCCCS(=O)(=O)c1cc(-c2ncc(-c3ccc(Br)c(F)c3)[nH]2)ccc1Cl)OCc1ccccc1. The summed E-state index contributed by atoms with van der Waals surface area (Å²) in [5, 5.41) is 0.125. The van der Waals surface area contributed by atoms with Crippen LogP contribution in [0.25, 0.3) is 22.6 Å². The summed E-state index contributed by atoms with van der Waals surface area (Å²) >= 11 is 9.38. The van der Waals surface area contributed by atoms with E-state index in [0.29, 0.717) is 46.4 Å². The lowest BCUT2D eigenvalue weighted by molar-refractivity contribution is -0.145. The highest BCUT2D eigenvalue weighted by Crippen LogP contribution is 2.30. The molecule has 0 bridgehead atoms. The number of esters is 1. The van der Waals surface area contributed by atoms with Crippen molar-refractivity contribution in [2.75, 3.05) is 5.75 Å². The number of carbonyl (C=O) groups is 1. The van der Waals surface area contributed by atoms with Crippen LogP contribution >= 0.6 is 27.5 Å². The Morgan fingerprint density at radius 3 is 2.53 bits per heavy atom. The van der Waals surface area contributed by atoms with E-state index in [-0.39, 0.29) is 34.7 Å². The van der Waals surface area contributed by atoms with Gasteiger partial charge in [-0.3, -0.25) is 4.79 Å². The Hall–Kier alpha value is -3.01. The number of hydrogen-bond donors (Lipinski definition) is 1. The van der Waals surface area contributed by atoms with Crippen molar-refractivity contribution in [3.8, 4) is 22.6 Å². The van der Waals surface area contributed by atoms with Crippen LogP contribution in [0.1, 0.15) is 31.2 Å². The first-order chi connectivity index (χ1) is 18.2. The number of unbranched alkanes of at least 4 members (excludes halogenated alkanes) is 2. The number of H-pyrrole nitrogens is 1. The van der Waals surface area contributed by atoms with Crippen molar-refractivity contribution in [2.24, 2.45) is 0 Å². The summed E-state index contributed by atoms with van der Waals surface area (Å²) in [5.41, 5.74) is 2.65. The van der Waals surface area contributed by atoms with Gasteiger partial charge in [0.2, 0.25) is 0 Å². The van der Waals surface area contributed by atoms with Crippen LogP contribution in [-0.4, -0.2) is 30.1 Å². The van der Waals surface area contributed by atoms with Crippen LogP contribution in [0.5, 0.6) is 0 Å². The first-order valence-corrected chi connectivity index (χ1v) is 14.8. The van der Waals surface area contributed by atoms with E-state index in [1.165, 1.54) is 18.2 Å². The van der Waals surface area contributed by atoms with Crippen molar-refractivity contribution in [2.45, 2.75) is 37.2 Å². The van der Waals surface area contributed by atoms with Gasteiger partial charge in [-0.05, 0) is 64.7 Å². The minimum absolute atomic E-state index is 0.0200. The van der Waals surface area contributed by atoms with Crippen molar-refractivity contribution in [3.05, 3.63) is 93.8 Å². The van der Waals surface area contributed by atoms with E-state index in [9.17, 15) is 17.6 Å². The minimum Gasteiger partial charge on any atom is -0.461 e. The van der Waals surface area contributed by atoms with Gasteiger partial charge in [0.15, 0.2) is 9.84 Å². The van der Waals surface area contributed by atoms with Gasteiger partial charge in [-0.1, -0.05) is 54.4 Å². The highest BCUT2D eigenvalue weighted by Gasteiger charge is 2.20. The van der Waals surface area contributed by atoms with Gasteiger partial charge in [0.25, 0.3) is 0 Å². The Labute approximate surface area is 234 Å². The summed E-state index contributed by atoms with van der Waals surface area (Å²) in [5.74, 6) is -0.374. The lowest BCUT2D eigenvalue weighted by atomic mass is 10.2. The molecule has 1 heterocycles. The molecule has 3 aromatic carbocycles. The maximum atomic E-state index is 13.9. The summed E-state index contributed by atoms with van der Waals surface area (Å²) < 4.78 is 45.6. The molecule has 0 aliphatic heterocycles. The van der Waals surface area contributed by atoms with E-state index in [1.807, 2.05) is 30.3 Å². The fourth-order valence-corrected chi connectivity index (χ4v) is 6.02. The number of ether oxygens (including phenoxy) is 1. The second-order valence-electron chi connectivity index (χ2n) is 8.70. The maximum Gasteiger partial charge on any atom is 0.306 e. The molecule has 0 spiro atoms. The predicted molar refractivity (Wildman–Crippen MR) is 149 cm³/mol. The molecule has 4 rings (SSSR count). The van der Waals surface area contributed by atoms with Crippen molar-refractivity contribution in [3.63, 3.8) is 0 Å². The van der Waals surface area contributed by atoms with Gasteiger partial charge < -0.3 is 9.72 Å². The highest BCUT2D eigenvalue weighted by molar-refractivity contribution is 9.10. The molecule has 6 nitrogen and oxygen atoms in total. The first kappa shape index (κ1) is 28.0. The fraction of sp³-hybridized carbons (Fsp3) is 0.214. The Morgan fingerprint density at radius 2 is 1.76 bits per heavy atom. The van der Waals surface area contributed by atoms with Crippen LogP contribution in [0.2, 0.25) is 5.02 Å². The molecule has 1 N–H and O–H groups in total. The Kier molecular flexibility index (Phi) is 9.35. The normalized spacial score (nSPS) is 11.4. The van der Waals surface area contributed by atoms with E-state index in [4.69, 9.17) is 16.3 Å². The third-order valence-corrected chi connectivity index (χ3v) is 8.80. The summed E-state index contributed by atoms with van der Waals surface area (Å²) in [4.78, 5) is 19.4. The Bertz CT molecular complexity index is 1530. The van der Waals surface area contributed by atoms with Gasteiger partial charge in [-0.25, -0.2) is 17.8 Å². The molecule has 10 heteroatoms. The Balaban J connectivity index is 1.33. The monoisotopic (exact) mass is 618 g/mol. The Morgan fingerprint density at radius 1 is 1.00 bits per heavy atom. The van der Waals surface area contributed by atoms with Gasteiger partial charge in [-0.2, -0.15) is 0 Å². The average molecular weight is 620 g/mol. The zero-order valence-corrected chi connectivity index (χ0v) is 23.5. The van der Waals surface area contributed by atoms with Crippen LogP contribution in [0, 0.1) is 5.82 Å². The molecule has 0 unspecified atom stereocenters. The van der Waals surface area contributed by atoms with E-state index in [0.717, 1.165) is 5.56 Å². The summed E-state index contributed by atoms with van der Waals surface area (Å²) in [7, 11) is -3.67. The third-order valence-electron chi connectivity index (χ3n) is 5.88. The van der Waals surface area contributed by atoms with Gasteiger partial charge in [0, 0.05) is 17.5 Å². The average Bonchev–Trinajstić information content (AvgIpc) is 3.40. The quantitative estimate of drug-likeness (QED) is 0.140. The molecule has 0 saturated carbocycles. The minimum atomic E-state index is -3.67. The van der Waals surface area contributed by atoms with E-state index in [1.54, 1.807) is 24.4 Å². The van der Waals surface area contributed by atoms with Crippen molar-refractivity contribution < 1.29 is 22.3 Å². The van der Waals surface area contributed by atoms with Crippen LogP contribution in [0.3, 0.4) is 0 Å². The maximum absolute atomic E-state index is 13.9. The number of aromatic amines is 1. The number of sulfone groups is 1. The lowest BCUT2D eigenvalue weighted by Crippen LogP contribution is -2.09. The third kappa shape index (κ3) is 7.30. The number of nitrogens with zero attached hydrogens (tertiary/aromatic N) is 1. The molecule has 4 aromatic rings. The zero-order valence-electron chi connectivity index (χ0n) is 20.3. The molecule has 0 fully saturated rings. The van der Waals surface area contributed by atoms with E-state index < -0.39 is 15.7 Å². The van der Waals surface area contributed by atoms with E-state index >= 15 is 0 Å². The van der Waals surface area contributed by atoms with E-state index in [2.05, 4.69) is 25.9 Å². The van der Waals surface area contributed by atoms with Gasteiger partial charge in [0.05, 0.1) is 32.0 Å². The molecule has 0 amide bonds. The standard InChI is InChI=1S/C28H25BrClFN2O4S/c29-22-12-10-20(15-24(22)31)25-17-32-28(33-25)21-11-13-23(30)26(16-21)38(35,36)14-6-2-5-9-27(34)37-18-19-7-3-1-4-8-19/h1,3-4,7-8,10-13,15-17H,2,5-6,9,14,18H2,(H,32,33). The number of imidazole rings is 1. The van der Waals surface area contributed by atoms with Gasteiger partial charge in [-0.15, -0.1) is 0 Å². The number of hydrogen-bond acceptors (Lipinski definition) is 5. The second kappa shape index (κ2) is 12.7. The lowest BCUT2D eigenvalue weighted by Gasteiger charge is -2.09. The molecule has 1 aromatic heterocycles. The molecule has 38 heavy (non-hydrogen) atoms. The molecular formula is C28H25BrClFN2O4S. The van der Waals surface area contributed by atoms with Gasteiger partial charge in [0.1, 0.15) is 18.2 Å². The zero-order chi connectivity index (χ0) is 27.1. The topological polar surface area (TPSA) is 89.1 Å². The second-order valence-corrected chi connectivity index (χ2v) is 12.0. The fourth-order valence-electron chi connectivity index (χ4n) is 3.83. The number of nitrogens with one attached hydrogen (secondary N) is 1. The largest absolute Gasteiger partial charge is 0.461 e. The number of carbonyl (C=O) groups excluding carboxylic acids is 1. The molecule has 0 radical (unpaired) electrons. The number of benzene rings is 3. The molecule has 198 valence electrons. The highest BCUT2D eigenvalue weighted by atomic mass is 79.9. The van der Waals surface area contributed by atoms with Crippen LogP contribution in [-0.2, 0) is 26.0 Å². The predicted octanol–water partition coefficient (Wildman–Crippen LogP) is 7.38. The summed E-state index contributed by atoms with van der Waals surface area (Å²) in [6.45, 7) is 0.222. The van der Waals surface area contributed by atoms with Crippen LogP contribution < -0.4 is 0 Å². The van der Waals surface area contributed by atoms with Crippen molar-refractivity contribution >= 4 is 43.3 Å².